The van der Waals surface area contributed by atoms with Gasteiger partial charge in [0.2, 0.25) is 5.91 Å². The first-order valence-corrected chi connectivity index (χ1v) is 9.01. The average Bonchev–Trinajstić information content (AvgIpc) is 2.65. The Labute approximate surface area is 164 Å². The number of aliphatic imine (C=N–C) groups is 1. The molecule has 146 valence electrons. The van der Waals surface area contributed by atoms with Gasteiger partial charge in [0, 0.05) is 17.7 Å². The molecular formula is C22H24N2O4. The molecule has 1 aromatic carbocycles. The monoisotopic (exact) mass is 380 g/mol. The summed E-state index contributed by atoms with van der Waals surface area (Å²) in [7, 11) is 2.99. The number of fused-ring (bicyclic) bond motifs is 1. The maximum atomic E-state index is 12.7. The number of rotatable bonds is 3. The van der Waals surface area contributed by atoms with Crippen LogP contribution in [0.15, 0.2) is 58.8 Å². The third kappa shape index (κ3) is 3.76. The minimum Gasteiger partial charge on any atom is -0.493 e. The molecule has 0 fully saturated rings. The molecule has 3 rings (SSSR count). The van der Waals surface area contributed by atoms with Crippen molar-refractivity contribution in [3.8, 4) is 11.5 Å². The molecule has 2 aliphatic rings. The predicted octanol–water partition coefficient (Wildman–Crippen LogP) is 3.46. The van der Waals surface area contributed by atoms with E-state index in [2.05, 4.69) is 31.1 Å². The van der Waals surface area contributed by atoms with Gasteiger partial charge in [-0.2, -0.15) is 0 Å². The van der Waals surface area contributed by atoms with Crippen molar-refractivity contribution >= 4 is 17.5 Å². The molecule has 6 nitrogen and oxygen atoms in total. The topological polar surface area (TPSA) is 77.0 Å². The Balaban J connectivity index is 1.94. The van der Waals surface area contributed by atoms with Crippen molar-refractivity contribution in [3.63, 3.8) is 0 Å². The number of methoxy groups -OCH3 is 2. The van der Waals surface area contributed by atoms with E-state index in [-0.39, 0.29) is 17.2 Å². The van der Waals surface area contributed by atoms with Crippen LogP contribution in [-0.4, -0.2) is 31.7 Å². The molecule has 1 aliphatic carbocycles. The Morgan fingerprint density at radius 3 is 2.54 bits per heavy atom. The first-order chi connectivity index (χ1) is 13.2. The Morgan fingerprint density at radius 2 is 1.89 bits per heavy atom. The second-order valence-electron chi connectivity index (χ2n) is 7.66. The van der Waals surface area contributed by atoms with Crippen LogP contribution in [0.4, 0.5) is 0 Å². The van der Waals surface area contributed by atoms with Crippen LogP contribution in [0.25, 0.3) is 0 Å². The fourth-order valence-electron chi connectivity index (χ4n) is 3.38. The smallest absolute Gasteiger partial charge is 0.281 e. The molecule has 2 amide bonds. The number of hydrogen-bond donors (Lipinski definition) is 1. The van der Waals surface area contributed by atoms with Gasteiger partial charge in [-0.05, 0) is 35.3 Å². The number of ether oxygens (including phenoxy) is 2. The summed E-state index contributed by atoms with van der Waals surface area (Å²) >= 11 is 0. The van der Waals surface area contributed by atoms with Crippen LogP contribution in [0.1, 0.15) is 31.1 Å². The number of para-hydroxylation sites is 1. The van der Waals surface area contributed by atoms with Gasteiger partial charge in [-0.1, -0.05) is 32.9 Å². The first-order valence-electron chi connectivity index (χ1n) is 9.01. The van der Waals surface area contributed by atoms with Crippen molar-refractivity contribution in [2.24, 2.45) is 16.3 Å². The first kappa shape index (κ1) is 19.6. The van der Waals surface area contributed by atoms with Crippen LogP contribution in [0.2, 0.25) is 0 Å². The van der Waals surface area contributed by atoms with Crippen molar-refractivity contribution in [3.05, 3.63) is 59.3 Å². The van der Waals surface area contributed by atoms with Gasteiger partial charge in [0.25, 0.3) is 5.91 Å². The van der Waals surface area contributed by atoms with Crippen LogP contribution in [0, 0.1) is 11.3 Å². The molecule has 0 bridgehead atoms. The molecule has 1 unspecified atom stereocenters. The molecule has 0 saturated carbocycles. The summed E-state index contributed by atoms with van der Waals surface area (Å²) in [6.07, 6.45) is 7.16. The molecule has 0 aromatic heterocycles. The van der Waals surface area contributed by atoms with Gasteiger partial charge in [-0.15, -0.1) is 0 Å². The van der Waals surface area contributed by atoms with Gasteiger partial charge in [-0.25, -0.2) is 4.99 Å². The van der Waals surface area contributed by atoms with E-state index < -0.39 is 5.91 Å². The Kier molecular flexibility index (Phi) is 5.23. The van der Waals surface area contributed by atoms with Crippen molar-refractivity contribution in [2.45, 2.75) is 20.8 Å². The fraction of sp³-hybridized carbons (Fsp3) is 0.318. The normalized spacial score (nSPS) is 20.1. The number of nitrogens with one attached hydrogen (secondary N) is 1. The van der Waals surface area contributed by atoms with Gasteiger partial charge >= 0.3 is 0 Å². The average molecular weight is 380 g/mol. The lowest BCUT2D eigenvalue weighted by atomic mass is 9.74. The van der Waals surface area contributed by atoms with Crippen molar-refractivity contribution in [2.75, 3.05) is 14.2 Å². The number of benzene rings is 1. The Hall–Kier alpha value is -3.15. The number of allylic oxidation sites excluding steroid dienone is 3. The zero-order valence-corrected chi connectivity index (χ0v) is 16.7. The molecule has 6 heteroatoms. The minimum atomic E-state index is -0.445. The lowest BCUT2D eigenvalue weighted by Crippen LogP contribution is -2.36. The lowest BCUT2D eigenvalue weighted by Gasteiger charge is -2.34. The highest BCUT2D eigenvalue weighted by molar-refractivity contribution is 6.14. The minimum absolute atomic E-state index is 0.0295. The third-order valence-electron chi connectivity index (χ3n) is 4.72. The number of amides is 2. The summed E-state index contributed by atoms with van der Waals surface area (Å²) in [5, 5.41) is 2.86. The standard InChI is InChI=1S/C22H24N2O4/c1-22(2,3)16-12-19(25)24-17-11-13(9-10-14(16)17)23-21(26)15-7-6-8-18(27-4)20(15)28-5/h6-12,14H,1-5H3,(H,24,25). The van der Waals surface area contributed by atoms with E-state index in [1.807, 2.05) is 6.08 Å². The second-order valence-corrected chi connectivity index (χ2v) is 7.66. The second kappa shape index (κ2) is 7.46. The number of carbonyl (C=O) groups is 2. The summed E-state index contributed by atoms with van der Waals surface area (Å²) in [5.74, 6) is 0.166. The largest absolute Gasteiger partial charge is 0.493 e. The highest BCUT2D eigenvalue weighted by atomic mass is 16.5. The van der Waals surface area contributed by atoms with Crippen LogP contribution in [-0.2, 0) is 4.79 Å². The summed E-state index contributed by atoms with van der Waals surface area (Å²) in [4.78, 5) is 29.0. The van der Waals surface area contributed by atoms with Crippen LogP contribution < -0.4 is 14.8 Å². The van der Waals surface area contributed by atoms with E-state index >= 15 is 0 Å². The maximum absolute atomic E-state index is 12.7. The third-order valence-corrected chi connectivity index (χ3v) is 4.72. The molecule has 1 aromatic rings. The van der Waals surface area contributed by atoms with Gasteiger partial charge in [0.05, 0.1) is 25.5 Å². The van der Waals surface area contributed by atoms with Crippen molar-refractivity contribution < 1.29 is 19.1 Å². The van der Waals surface area contributed by atoms with Crippen LogP contribution in [0.5, 0.6) is 11.5 Å². The molecule has 1 N–H and O–H groups in total. The zero-order chi connectivity index (χ0) is 20.5. The van der Waals surface area contributed by atoms with Gasteiger partial charge in [0.1, 0.15) is 0 Å². The van der Waals surface area contributed by atoms with Crippen LogP contribution >= 0.6 is 0 Å². The number of hydrogen-bond acceptors (Lipinski definition) is 4. The van der Waals surface area contributed by atoms with Gasteiger partial charge in [0.15, 0.2) is 11.5 Å². The molecule has 1 aliphatic heterocycles. The molecule has 0 radical (unpaired) electrons. The van der Waals surface area contributed by atoms with E-state index in [4.69, 9.17) is 9.47 Å². The molecule has 0 saturated heterocycles. The Bertz CT molecular complexity index is 946. The van der Waals surface area contributed by atoms with E-state index in [9.17, 15) is 9.59 Å². The van der Waals surface area contributed by atoms with Crippen molar-refractivity contribution in [1.82, 2.24) is 5.32 Å². The maximum Gasteiger partial charge on any atom is 0.281 e. The SMILES string of the molecule is COc1cccc(C(=O)N=C2C=CC3C(=C2)NC(=O)C=C3C(C)(C)C)c1OC. The summed E-state index contributed by atoms with van der Waals surface area (Å²) in [6.45, 7) is 6.22. The fourth-order valence-corrected chi connectivity index (χ4v) is 3.38. The summed E-state index contributed by atoms with van der Waals surface area (Å²) in [6, 6.07) is 5.06. The predicted molar refractivity (Wildman–Crippen MR) is 108 cm³/mol. The van der Waals surface area contributed by atoms with E-state index in [1.54, 1.807) is 36.4 Å². The molecular weight excluding hydrogens is 356 g/mol. The molecule has 28 heavy (non-hydrogen) atoms. The van der Waals surface area contributed by atoms with E-state index in [1.165, 1.54) is 14.2 Å². The molecule has 1 heterocycles. The number of carbonyl (C=O) groups excluding carboxylic acids is 2. The number of nitrogens with zero attached hydrogens (tertiary/aromatic N) is 1. The van der Waals surface area contributed by atoms with E-state index in [0.717, 1.165) is 11.3 Å². The van der Waals surface area contributed by atoms with Gasteiger partial charge in [-0.3, -0.25) is 9.59 Å². The molecule has 1 atom stereocenters. The lowest BCUT2D eigenvalue weighted by molar-refractivity contribution is -0.116. The molecule has 0 spiro atoms. The highest BCUT2D eigenvalue weighted by Crippen LogP contribution is 2.38. The Morgan fingerprint density at radius 1 is 1.14 bits per heavy atom. The van der Waals surface area contributed by atoms with E-state index in [0.29, 0.717) is 22.8 Å². The highest BCUT2D eigenvalue weighted by Gasteiger charge is 2.32. The summed E-state index contributed by atoms with van der Waals surface area (Å²) < 4.78 is 10.6. The quantitative estimate of drug-likeness (QED) is 0.871. The van der Waals surface area contributed by atoms with Crippen LogP contribution in [0.3, 0.4) is 0 Å². The zero-order valence-electron chi connectivity index (χ0n) is 16.7. The summed E-state index contributed by atoms with van der Waals surface area (Å²) in [5.41, 5.74) is 2.38. The van der Waals surface area contributed by atoms with Gasteiger partial charge < -0.3 is 14.8 Å². The van der Waals surface area contributed by atoms with Crippen molar-refractivity contribution in [1.29, 1.82) is 0 Å².